The van der Waals surface area contributed by atoms with Gasteiger partial charge < -0.3 is 4.57 Å². The van der Waals surface area contributed by atoms with E-state index in [1.54, 1.807) is 11.1 Å². The molecule has 0 saturated heterocycles. The van der Waals surface area contributed by atoms with Crippen LogP contribution in [0.25, 0.3) is 10.9 Å². The zero-order chi connectivity index (χ0) is 11.1. The third kappa shape index (κ3) is 0.863. The van der Waals surface area contributed by atoms with E-state index in [-0.39, 0.29) is 0 Å². The lowest BCUT2D eigenvalue weighted by molar-refractivity contribution is 0.323. The van der Waals surface area contributed by atoms with Gasteiger partial charge in [-0.15, -0.1) is 0 Å². The van der Waals surface area contributed by atoms with Crippen molar-refractivity contribution in [1.29, 1.82) is 0 Å². The Kier molecular flexibility index (Phi) is 1.35. The molecule has 17 heavy (non-hydrogen) atoms. The van der Waals surface area contributed by atoms with Crippen LogP contribution < -0.4 is 0 Å². The number of hydrogen-bond donors (Lipinski definition) is 0. The Morgan fingerprint density at radius 3 is 2.53 bits per heavy atom. The van der Waals surface area contributed by atoms with Gasteiger partial charge in [0.05, 0.1) is 0 Å². The smallest absolute Gasteiger partial charge is 0.0480 e. The second-order valence-electron chi connectivity index (χ2n) is 6.35. The number of hydrogen-bond acceptors (Lipinski definition) is 0. The predicted octanol–water partition coefficient (Wildman–Crippen LogP) is 3.79. The van der Waals surface area contributed by atoms with Crippen molar-refractivity contribution in [2.75, 3.05) is 0 Å². The van der Waals surface area contributed by atoms with Gasteiger partial charge in [0.1, 0.15) is 0 Å². The summed E-state index contributed by atoms with van der Waals surface area (Å²) < 4.78 is 2.26. The highest BCUT2D eigenvalue weighted by Crippen LogP contribution is 2.68. The average Bonchev–Trinajstić information content (AvgIpc) is 2.97. The molecule has 3 aliphatic carbocycles. The monoisotopic (exact) mass is 223 g/mol. The van der Waals surface area contributed by atoms with Crippen LogP contribution in [0.5, 0.6) is 0 Å². The first-order valence-electron chi connectivity index (χ1n) is 6.92. The molecule has 0 spiro atoms. The second-order valence-corrected chi connectivity index (χ2v) is 6.35. The van der Waals surface area contributed by atoms with Gasteiger partial charge in [0.25, 0.3) is 0 Å². The SMILES string of the molecule is Cn1ccc2cc3c(cc21)C1C2CCC(C2)C31. The highest BCUT2D eigenvalue weighted by Gasteiger charge is 2.55. The van der Waals surface area contributed by atoms with Crippen LogP contribution in [-0.4, -0.2) is 4.57 Å². The molecule has 0 amide bonds. The molecule has 2 bridgehead atoms. The van der Waals surface area contributed by atoms with Crippen LogP contribution in [0.15, 0.2) is 24.4 Å². The minimum absolute atomic E-state index is 0.933. The third-order valence-corrected chi connectivity index (χ3v) is 5.72. The summed E-state index contributed by atoms with van der Waals surface area (Å²) in [6.07, 6.45) is 6.70. The van der Waals surface area contributed by atoms with E-state index in [1.807, 2.05) is 0 Å². The fourth-order valence-corrected chi connectivity index (χ4v) is 5.02. The summed E-state index contributed by atoms with van der Waals surface area (Å²) in [4.78, 5) is 0. The standard InChI is InChI=1S/C16H17N/c1-17-5-4-9-7-12-13(8-14(9)17)16-11-3-2-10(6-11)15(12)16/h4-5,7-8,10-11,15-16H,2-3,6H2,1H3. The summed E-state index contributed by atoms with van der Waals surface area (Å²) in [5, 5.41) is 1.44. The largest absolute Gasteiger partial charge is 0.351 e. The number of aryl methyl sites for hydroxylation is 1. The molecule has 4 atom stereocenters. The Bertz CT molecular complexity index is 636. The summed E-state index contributed by atoms with van der Waals surface area (Å²) in [7, 11) is 2.16. The third-order valence-electron chi connectivity index (χ3n) is 5.72. The molecular weight excluding hydrogens is 206 g/mol. The van der Waals surface area contributed by atoms with Crippen LogP contribution >= 0.6 is 0 Å². The van der Waals surface area contributed by atoms with Crippen molar-refractivity contribution in [2.24, 2.45) is 18.9 Å². The first-order valence-corrected chi connectivity index (χ1v) is 6.92. The lowest BCUT2D eigenvalue weighted by Crippen LogP contribution is -2.29. The van der Waals surface area contributed by atoms with Crippen LogP contribution in [0.1, 0.15) is 42.2 Å². The molecule has 4 unspecified atom stereocenters. The first-order chi connectivity index (χ1) is 8.33. The molecule has 0 N–H and O–H groups in total. The van der Waals surface area contributed by atoms with E-state index in [1.165, 1.54) is 30.2 Å². The lowest BCUT2D eigenvalue weighted by Gasteiger charge is -2.43. The molecule has 0 aliphatic heterocycles. The summed E-state index contributed by atoms with van der Waals surface area (Å²) in [5.41, 5.74) is 4.81. The zero-order valence-electron chi connectivity index (χ0n) is 10.2. The predicted molar refractivity (Wildman–Crippen MR) is 69.2 cm³/mol. The molecule has 2 aromatic rings. The van der Waals surface area contributed by atoms with Crippen molar-refractivity contribution in [2.45, 2.75) is 31.1 Å². The fourth-order valence-electron chi connectivity index (χ4n) is 5.02. The van der Waals surface area contributed by atoms with Gasteiger partial charge in [-0.25, -0.2) is 0 Å². The van der Waals surface area contributed by atoms with Crippen LogP contribution in [-0.2, 0) is 7.05 Å². The van der Waals surface area contributed by atoms with Crippen LogP contribution in [0.2, 0.25) is 0 Å². The second kappa shape index (κ2) is 2.60. The van der Waals surface area contributed by atoms with E-state index >= 15 is 0 Å². The Morgan fingerprint density at radius 2 is 1.76 bits per heavy atom. The summed E-state index contributed by atoms with van der Waals surface area (Å²) in [5.74, 6) is 3.92. The maximum atomic E-state index is 2.48. The molecule has 86 valence electrons. The molecule has 3 aliphatic rings. The van der Waals surface area contributed by atoms with Crippen molar-refractivity contribution in [3.05, 3.63) is 35.5 Å². The van der Waals surface area contributed by atoms with Crippen molar-refractivity contribution < 1.29 is 0 Å². The van der Waals surface area contributed by atoms with E-state index in [0.717, 1.165) is 23.7 Å². The van der Waals surface area contributed by atoms with Gasteiger partial charge in [0, 0.05) is 18.8 Å². The van der Waals surface area contributed by atoms with E-state index in [4.69, 9.17) is 0 Å². The molecule has 1 aromatic heterocycles. The topological polar surface area (TPSA) is 4.93 Å². The first kappa shape index (κ1) is 8.79. The number of aromatic nitrogens is 1. The van der Waals surface area contributed by atoms with Crippen LogP contribution in [0, 0.1) is 11.8 Å². The quantitative estimate of drug-likeness (QED) is 0.640. The van der Waals surface area contributed by atoms with Gasteiger partial charge in [-0.3, -0.25) is 0 Å². The van der Waals surface area contributed by atoms with Crippen molar-refractivity contribution >= 4 is 10.9 Å². The number of benzene rings is 1. The fraction of sp³-hybridized carbons (Fsp3) is 0.500. The number of rotatable bonds is 0. The molecule has 1 nitrogen and oxygen atoms in total. The molecule has 1 heterocycles. The highest BCUT2D eigenvalue weighted by atomic mass is 14.9. The van der Waals surface area contributed by atoms with Gasteiger partial charge in [0.2, 0.25) is 0 Å². The maximum absolute atomic E-state index is 2.48. The Balaban J connectivity index is 1.78. The summed E-state index contributed by atoms with van der Waals surface area (Å²) >= 11 is 0. The van der Waals surface area contributed by atoms with Gasteiger partial charge >= 0.3 is 0 Å². The summed E-state index contributed by atoms with van der Waals surface area (Å²) in [6.45, 7) is 0. The molecule has 2 fully saturated rings. The summed E-state index contributed by atoms with van der Waals surface area (Å²) in [6, 6.07) is 7.22. The average molecular weight is 223 g/mol. The molecule has 1 heteroatoms. The molecule has 5 rings (SSSR count). The molecular formula is C16H17N. The van der Waals surface area contributed by atoms with Crippen LogP contribution in [0.3, 0.4) is 0 Å². The normalized spacial score (nSPS) is 37.0. The van der Waals surface area contributed by atoms with Gasteiger partial charge in [-0.05, 0) is 77.6 Å². The lowest BCUT2D eigenvalue weighted by atomic mass is 9.61. The van der Waals surface area contributed by atoms with Gasteiger partial charge in [-0.1, -0.05) is 0 Å². The minimum Gasteiger partial charge on any atom is -0.351 e. The van der Waals surface area contributed by atoms with E-state index in [2.05, 4.69) is 36.0 Å². The van der Waals surface area contributed by atoms with Crippen molar-refractivity contribution in [3.8, 4) is 0 Å². The Labute approximate surface area is 101 Å². The van der Waals surface area contributed by atoms with Gasteiger partial charge in [-0.2, -0.15) is 0 Å². The molecule has 2 saturated carbocycles. The van der Waals surface area contributed by atoms with Crippen molar-refractivity contribution in [3.63, 3.8) is 0 Å². The molecule has 1 aromatic carbocycles. The Morgan fingerprint density at radius 1 is 1.06 bits per heavy atom. The van der Waals surface area contributed by atoms with Gasteiger partial charge in [0.15, 0.2) is 0 Å². The Hall–Kier alpha value is -1.24. The maximum Gasteiger partial charge on any atom is 0.0480 e. The zero-order valence-corrected chi connectivity index (χ0v) is 10.2. The van der Waals surface area contributed by atoms with E-state index < -0.39 is 0 Å². The van der Waals surface area contributed by atoms with Crippen molar-refractivity contribution in [1.82, 2.24) is 4.57 Å². The number of nitrogens with zero attached hydrogens (tertiary/aromatic N) is 1. The minimum atomic E-state index is 0.933. The highest BCUT2D eigenvalue weighted by molar-refractivity contribution is 5.83. The van der Waals surface area contributed by atoms with E-state index in [9.17, 15) is 0 Å². The van der Waals surface area contributed by atoms with E-state index in [0.29, 0.717) is 0 Å². The van der Waals surface area contributed by atoms with Crippen LogP contribution in [0.4, 0.5) is 0 Å². The molecule has 0 radical (unpaired) electrons. The number of fused-ring (bicyclic) bond motifs is 9.